The zero-order valence-electron chi connectivity index (χ0n) is 11.0. The Kier molecular flexibility index (Phi) is 4.07. The third kappa shape index (κ3) is 3.12. The lowest BCUT2D eigenvalue weighted by molar-refractivity contribution is 0.451. The molecule has 0 aliphatic carbocycles. The molecule has 1 fully saturated rings. The Labute approximate surface area is 110 Å². The molecule has 0 amide bonds. The first-order valence-electron chi connectivity index (χ1n) is 6.43. The summed E-state index contributed by atoms with van der Waals surface area (Å²) in [5.74, 6) is 1.24. The number of sulfone groups is 1. The molecule has 1 N–H and O–H groups in total. The fourth-order valence-electron chi connectivity index (χ4n) is 2.82. The van der Waals surface area contributed by atoms with Crippen molar-refractivity contribution in [3.63, 3.8) is 0 Å². The summed E-state index contributed by atoms with van der Waals surface area (Å²) >= 11 is 0. The summed E-state index contributed by atoms with van der Waals surface area (Å²) in [6.07, 6.45) is 0.794. The molecule has 0 spiro atoms. The summed E-state index contributed by atoms with van der Waals surface area (Å²) in [6, 6.07) is 8.41. The van der Waals surface area contributed by atoms with Crippen molar-refractivity contribution < 1.29 is 8.42 Å². The van der Waals surface area contributed by atoms with E-state index in [0.29, 0.717) is 17.4 Å². The minimum Gasteiger partial charge on any atom is -0.319 e. The predicted octanol–water partition coefficient (Wildman–Crippen LogP) is 1.73. The highest BCUT2D eigenvalue weighted by atomic mass is 32.2. The first kappa shape index (κ1) is 13.6. The highest BCUT2D eigenvalue weighted by Crippen LogP contribution is 2.33. The quantitative estimate of drug-likeness (QED) is 0.904. The summed E-state index contributed by atoms with van der Waals surface area (Å²) < 4.78 is 23.3. The standard InChI is InChI=1S/C14H21NO2S/c1-11-4-3-5-12(8-11)14(9-15-2)13-6-7-18(16,17)10-13/h3-5,8,13-15H,6-7,9-10H2,1-2H3. The molecule has 0 saturated carbocycles. The van der Waals surface area contributed by atoms with Crippen LogP contribution in [0.25, 0.3) is 0 Å². The number of benzene rings is 1. The van der Waals surface area contributed by atoms with Gasteiger partial charge in [0.25, 0.3) is 0 Å². The number of rotatable bonds is 4. The molecule has 2 rings (SSSR count). The zero-order valence-corrected chi connectivity index (χ0v) is 11.8. The third-order valence-corrected chi connectivity index (χ3v) is 5.52. The fraction of sp³-hybridized carbons (Fsp3) is 0.571. The molecule has 1 aromatic carbocycles. The number of nitrogens with one attached hydrogen (secondary N) is 1. The van der Waals surface area contributed by atoms with Gasteiger partial charge in [-0.05, 0) is 31.9 Å². The molecule has 2 atom stereocenters. The monoisotopic (exact) mass is 267 g/mol. The van der Waals surface area contributed by atoms with Crippen LogP contribution in [0.3, 0.4) is 0 Å². The lowest BCUT2D eigenvalue weighted by Crippen LogP contribution is -2.25. The Morgan fingerprint density at radius 1 is 1.44 bits per heavy atom. The predicted molar refractivity (Wildman–Crippen MR) is 74.6 cm³/mol. The van der Waals surface area contributed by atoms with Crippen molar-refractivity contribution in [2.24, 2.45) is 5.92 Å². The number of likely N-dealkylation sites (N-methyl/N-ethyl adjacent to an activating group) is 1. The van der Waals surface area contributed by atoms with Gasteiger partial charge in [-0.1, -0.05) is 29.8 Å². The van der Waals surface area contributed by atoms with E-state index >= 15 is 0 Å². The van der Waals surface area contributed by atoms with Gasteiger partial charge in [0, 0.05) is 12.5 Å². The van der Waals surface area contributed by atoms with Crippen LogP contribution in [0.5, 0.6) is 0 Å². The van der Waals surface area contributed by atoms with E-state index < -0.39 is 9.84 Å². The number of hydrogen-bond acceptors (Lipinski definition) is 3. The third-order valence-electron chi connectivity index (χ3n) is 3.73. The van der Waals surface area contributed by atoms with Crippen LogP contribution in [-0.4, -0.2) is 33.5 Å². The van der Waals surface area contributed by atoms with Gasteiger partial charge in [0.1, 0.15) is 0 Å². The van der Waals surface area contributed by atoms with Gasteiger partial charge in [0.15, 0.2) is 9.84 Å². The number of aryl methyl sites for hydroxylation is 1. The van der Waals surface area contributed by atoms with Crippen molar-refractivity contribution in [2.45, 2.75) is 19.3 Å². The van der Waals surface area contributed by atoms with Crippen molar-refractivity contribution in [1.29, 1.82) is 0 Å². The average Bonchev–Trinajstić information content (AvgIpc) is 2.66. The molecular formula is C14H21NO2S. The second-order valence-electron chi connectivity index (χ2n) is 5.24. The molecule has 4 heteroatoms. The van der Waals surface area contributed by atoms with E-state index in [1.54, 1.807) is 0 Å². The Morgan fingerprint density at radius 3 is 2.78 bits per heavy atom. The van der Waals surface area contributed by atoms with E-state index in [1.165, 1.54) is 11.1 Å². The van der Waals surface area contributed by atoms with Crippen LogP contribution in [0.1, 0.15) is 23.5 Å². The molecule has 0 radical (unpaired) electrons. The molecule has 1 heterocycles. The van der Waals surface area contributed by atoms with Gasteiger partial charge in [-0.2, -0.15) is 0 Å². The molecule has 100 valence electrons. The molecule has 0 aromatic heterocycles. The van der Waals surface area contributed by atoms with Crippen LogP contribution < -0.4 is 5.32 Å². The van der Waals surface area contributed by atoms with Gasteiger partial charge in [-0.25, -0.2) is 8.42 Å². The van der Waals surface area contributed by atoms with Crippen LogP contribution in [0.4, 0.5) is 0 Å². The molecule has 1 aliphatic heterocycles. The highest BCUT2D eigenvalue weighted by Gasteiger charge is 2.34. The second kappa shape index (κ2) is 5.41. The Morgan fingerprint density at radius 2 is 2.22 bits per heavy atom. The highest BCUT2D eigenvalue weighted by molar-refractivity contribution is 7.91. The van der Waals surface area contributed by atoms with E-state index in [0.717, 1.165) is 13.0 Å². The van der Waals surface area contributed by atoms with Crippen LogP contribution in [0, 0.1) is 12.8 Å². The van der Waals surface area contributed by atoms with Gasteiger partial charge >= 0.3 is 0 Å². The van der Waals surface area contributed by atoms with Gasteiger partial charge in [0.2, 0.25) is 0 Å². The van der Waals surface area contributed by atoms with E-state index in [-0.39, 0.29) is 5.92 Å². The minimum absolute atomic E-state index is 0.254. The topological polar surface area (TPSA) is 46.2 Å². The molecular weight excluding hydrogens is 246 g/mol. The number of hydrogen-bond donors (Lipinski definition) is 1. The van der Waals surface area contributed by atoms with Gasteiger partial charge in [-0.15, -0.1) is 0 Å². The van der Waals surface area contributed by atoms with Gasteiger partial charge in [0.05, 0.1) is 11.5 Å². The minimum atomic E-state index is -2.80. The van der Waals surface area contributed by atoms with Crippen molar-refractivity contribution in [3.05, 3.63) is 35.4 Å². The first-order valence-corrected chi connectivity index (χ1v) is 8.25. The van der Waals surface area contributed by atoms with Crippen molar-refractivity contribution in [1.82, 2.24) is 5.32 Å². The SMILES string of the molecule is CNCC(c1cccc(C)c1)C1CCS(=O)(=O)C1. The van der Waals surface area contributed by atoms with E-state index in [2.05, 4.69) is 36.5 Å². The van der Waals surface area contributed by atoms with Crippen LogP contribution >= 0.6 is 0 Å². The first-order chi connectivity index (χ1) is 8.52. The summed E-state index contributed by atoms with van der Waals surface area (Å²) in [7, 11) is -0.882. The van der Waals surface area contributed by atoms with Crippen LogP contribution in [0.15, 0.2) is 24.3 Å². The summed E-state index contributed by atoms with van der Waals surface area (Å²) in [5.41, 5.74) is 2.49. The molecule has 1 aliphatic rings. The van der Waals surface area contributed by atoms with Crippen molar-refractivity contribution in [3.8, 4) is 0 Å². The maximum Gasteiger partial charge on any atom is 0.150 e. The molecule has 18 heavy (non-hydrogen) atoms. The van der Waals surface area contributed by atoms with Crippen LogP contribution in [0.2, 0.25) is 0 Å². The van der Waals surface area contributed by atoms with Gasteiger partial charge < -0.3 is 5.32 Å². The molecule has 3 nitrogen and oxygen atoms in total. The fourth-order valence-corrected chi connectivity index (χ4v) is 4.70. The van der Waals surface area contributed by atoms with Crippen molar-refractivity contribution in [2.75, 3.05) is 25.1 Å². The maximum absolute atomic E-state index is 11.6. The smallest absolute Gasteiger partial charge is 0.150 e. The zero-order chi connectivity index (χ0) is 13.2. The molecule has 0 bridgehead atoms. The second-order valence-corrected chi connectivity index (χ2v) is 7.47. The van der Waals surface area contributed by atoms with E-state index in [1.807, 2.05) is 7.05 Å². The summed E-state index contributed by atoms with van der Waals surface area (Å²) in [5, 5.41) is 3.20. The van der Waals surface area contributed by atoms with E-state index in [9.17, 15) is 8.42 Å². The van der Waals surface area contributed by atoms with Crippen molar-refractivity contribution >= 4 is 9.84 Å². The van der Waals surface area contributed by atoms with Gasteiger partial charge in [-0.3, -0.25) is 0 Å². The lowest BCUT2D eigenvalue weighted by atomic mass is 9.85. The van der Waals surface area contributed by atoms with E-state index in [4.69, 9.17) is 0 Å². The lowest BCUT2D eigenvalue weighted by Gasteiger charge is -2.23. The Hall–Kier alpha value is -0.870. The summed E-state index contributed by atoms with van der Waals surface area (Å²) in [4.78, 5) is 0. The molecule has 2 unspecified atom stereocenters. The Bertz CT molecular complexity index is 510. The normalized spacial score (nSPS) is 24.0. The molecule has 1 saturated heterocycles. The largest absolute Gasteiger partial charge is 0.319 e. The maximum atomic E-state index is 11.6. The summed E-state index contributed by atoms with van der Waals surface area (Å²) in [6.45, 7) is 2.91. The molecule has 1 aromatic rings. The average molecular weight is 267 g/mol. The Balaban J connectivity index is 2.24. The van der Waals surface area contributed by atoms with Crippen LogP contribution in [-0.2, 0) is 9.84 Å².